The molecule has 1 amide bonds. The minimum atomic E-state index is -0.662. The van der Waals surface area contributed by atoms with E-state index in [4.69, 9.17) is 4.74 Å². The Hall–Kier alpha value is -1.49. The molecular formula is C12H17FN2O2. The summed E-state index contributed by atoms with van der Waals surface area (Å²) in [7, 11) is 1.57. The normalized spacial score (nSPS) is 12.5. The summed E-state index contributed by atoms with van der Waals surface area (Å²) < 4.78 is 17.9. The number of aromatic nitrogens is 1. The second-order valence-corrected chi connectivity index (χ2v) is 4.12. The first-order valence-electron chi connectivity index (χ1n) is 5.47. The number of ether oxygens (including phenoxy) is 1. The van der Waals surface area contributed by atoms with Gasteiger partial charge in [0.05, 0.1) is 12.6 Å². The van der Waals surface area contributed by atoms with Crippen LogP contribution in [-0.4, -0.2) is 30.6 Å². The van der Waals surface area contributed by atoms with Gasteiger partial charge in [-0.3, -0.25) is 4.79 Å². The summed E-state index contributed by atoms with van der Waals surface area (Å²) in [5.74, 6) is -0.821. The molecule has 1 atom stereocenters. The summed E-state index contributed by atoms with van der Waals surface area (Å²) in [6.45, 7) is 4.37. The Morgan fingerprint density at radius 1 is 1.53 bits per heavy atom. The Bertz CT molecular complexity index is 383. The molecule has 4 nitrogen and oxygen atoms in total. The number of amides is 1. The molecule has 0 saturated heterocycles. The minimum absolute atomic E-state index is 0.0757. The van der Waals surface area contributed by atoms with Crippen LogP contribution in [0.4, 0.5) is 4.39 Å². The van der Waals surface area contributed by atoms with E-state index in [1.165, 1.54) is 18.2 Å². The highest BCUT2D eigenvalue weighted by molar-refractivity contribution is 5.92. The summed E-state index contributed by atoms with van der Waals surface area (Å²) in [6.07, 6.45) is 0. The van der Waals surface area contributed by atoms with E-state index in [0.29, 0.717) is 6.61 Å². The lowest BCUT2D eigenvalue weighted by Crippen LogP contribution is -2.42. The molecule has 94 valence electrons. The summed E-state index contributed by atoms with van der Waals surface area (Å²) in [6, 6.07) is 4.02. The molecule has 1 heterocycles. The number of hydrogen-bond acceptors (Lipinski definition) is 3. The first kappa shape index (κ1) is 13.6. The molecule has 0 aliphatic carbocycles. The van der Waals surface area contributed by atoms with Gasteiger partial charge in [-0.25, -0.2) is 4.98 Å². The molecule has 1 rings (SSSR count). The van der Waals surface area contributed by atoms with E-state index in [2.05, 4.69) is 10.3 Å². The van der Waals surface area contributed by atoms with Gasteiger partial charge in [0.2, 0.25) is 5.95 Å². The Morgan fingerprint density at radius 2 is 2.24 bits per heavy atom. The maximum absolute atomic E-state index is 12.9. The van der Waals surface area contributed by atoms with Crippen LogP contribution in [0.1, 0.15) is 24.3 Å². The number of carbonyl (C=O) groups excluding carboxylic acids is 1. The number of methoxy groups -OCH3 is 1. The highest BCUT2D eigenvalue weighted by Gasteiger charge is 2.17. The van der Waals surface area contributed by atoms with Gasteiger partial charge in [0.1, 0.15) is 5.69 Å². The number of hydrogen-bond donors (Lipinski definition) is 1. The molecule has 0 fully saturated rings. The molecule has 0 aliphatic heterocycles. The fourth-order valence-electron chi connectivity index (χ4n) is 1.36. The van der Waals surface area contributed by atoms with Crippen molar-refractivity contribution in [2.75, 3.05) is 13.7 Å². The quantitative estimate of drug-likeness (QED) is 0.796. The van der Waals surface area contributed by atoms with Gasteiger partial charge in [-0.2, -0.15) is 4.39 Å². The topological polar surface area (TPSA) is 51.2 Å². The lowest BCUT2D eigenvalue weighted by Gasteiger charge is -2.21. The zero-order chi connectivity index (χ0) is 12.8. The smallest absolute Gasteiger partial charge is 0.270 e. The molecule has 0 aromatic carbocycles. The molecule has 1 aromatic heterocycles. The molecule has 0 radical (unpaired) electrons. The predicted molar refractivity (Wildman–Crippen MR) is 62.2 cm³/mol. The van der Waals surface area contributed by atoms with Gasteiger partial charge in [0.25, 0.3) is 5.91 Å². The lowest BCUT2D eigenvalue weighted by atomic mass is 10.1. The Morgan fingerprint density at radius 3 is 2.76 bits per heavy atom. The number of rotatable bonds is 5. The lowest BCUT2D eigenvalue weighted by molar-refractivity contribution is 0.0860. The van der Waals surface area contributed by atoms with Crippen molar-refractivity contribution in [1.29, 1.82) is 0 Å². The zero-order valence-electron chi connectivity index (χ0n) is 10.2. The zero-order valence-corrected chi connectivity index (χ0v) is 10.2. The van der Waals surface area contributed by atoms with E-state index >= 15 is 0 Å². The number of carbonyl (C=O) groups is 1. The fourth-order valence-corrected chi connectivity index (χ4v) is 1.36. The van der Waals surface area contributed by atoms with E-state index in [-0.39, 0.29) is 23.6 Å². The predicted octanol–water partition coefficient (Wildman–Crippen LogP) is 1.62. The maximum atomic E-state index is 12.9. The Kier molecular flexibility index (Phi) is 5.03. The van der Waals surface area contributed by atoms with Crippen molar-refractivity contribution in [3.8, 4) is 0 Å². The molecule has 17 heavy (non-hydrogen) atoms. The van der Waals surface area contributed by atoms with E-state index in [9.17, 15) is 9.18 Å². The van der Waals surface area contributed by atoms with Crippen molar-refractivity contribution in [2.24, 2.45) is 5.92 Å². The van der Waals surface area contributed by atoms with Crippen LogP contribution >= 0.6 is 0 Å². The summed E-state index contributed by atoms with van der Waals surface area (Å²) in [4.78, 5) is 15.3. The molecular weight excluding hydrogens is 223 g/mol. The first-order chi connectivity index (χ1) is 8.04. The van der Waals surface area contributed by atoms with Gasteiger partial charge < -0.3 is 10.1 Å². The Balaban J connectivity index is 2.70. The van der Waals surface area contributed by atoms with Crippen molar-refractivity contribution in [3.05, 3.63) is 29.8 Å². The molecule has 1 N–H and O–H groups in total. The molecule has 0 bridgehead atoms. The molecule has 5 heteroatoms. The van der Waals surface area contributed by atoms with E-state index in [0.717, 1.165) is 0 Å². The molecule has 0 spiro atoms. The van der Waals surface area contributed by atoms with Gasteiger partial charge in [-0.05, 0) is 18.1 Å². The van der Waals surface area contributed by atoms with Crippen LogP contribution in [0.2, 0.25) is 0 Å². The number of nitrogens with zero attached hydrogens (tertiary/aromatic N) is 1. The van der Waals surface area contributed by atoms with Gasteiger partial charge in [-0.1, -0.05) is 19.9 Å². The van der Waals surface area contributed by atoms with E-state index in [1.54, 1.807) is 7.11 Å². The molecule has 1 unspecified atom stereocenters. The summed E-state index contributed by atoms with van der Waals surface area (Å²) in [5.41, 5.74) is 0.0757. The van der Waals surface area contributed by atoms with Crippen molar-refractivity contribution in [2.45, 2.75) is 19.9 Å². The number of halogens is 1. The molecule has 0 aliphatic rings. The largest absolute Gasteiger partial charge is 0.383 e. The summed E-state index contributed by atoms with van der Waals surface area (Å²) >= 11 is 0. The second-order valence-electron chi connectivity index (χ2n) is 4.12. The molecule has 0 saturated carbocycles. The van der Waals surface area contributed by atoms with Crippen molar-refractivity contribution in [3.63, 3.8) is 0 Å². The van der Waals surface area contributed by atoms with Crippen molar-refractivity contribution < 1.29 is 13.9 Å². The average molecular weight is 240 g/mol. The van der Waals surface area contributed by atoms with Crippen LogP contribution < -0.4 is 5.32 Å². The van der Waals surface area contributed by atoms with Gasteiger partial charge in [0.15, 0.2) is 0 Å². The van der Waals surface area contributed by atoms with E-state index in [1.807, 2.05) is 13.8 Å². The van der Waals surface area contributed by atoms with Crippen LogP contribution in [0.5, 0.6) is 0 Å². The number of pyridine rings is 1. The van der Waals surface area contributed by atoms with Crippen molar-refractivity contribution in [1.82, 2.24) is 10.3 Å². The van der Waals surface area contributed by atoms with E-state index < -0.39 is 5.95 Å². The number of nitrogens with one attached hydrogen (secondary N) is 1. The van der Waals surface area contributed by atoms with Crippen LogP contribution in [0, 0.1) is 11.9 Å². The van der Waals surface area contributed by atoms with Gasteiger partial charge >= 0.3 is 0 Å². The maximum Gasteiger partial charge on any atom is 0.270 e. The highest BCUT2D eigenvalue weighted by atomic mass is 19.1. The average Bonchev–Trinajstić information content (AvgIpc) is 2.28. The minimum Gasteiger partial charge on any atom is -0.383 e. The summed E-state index contributed by atoms with van der Waals surface area (Å²) in [5, 5.41) is 2.77. The van der Waals surface area contributed by atoms with Crippen molar-refractivity contribution >= 4 is 5.91 Å². The standard InChI is InChI=1S/C12H17FN2O2/c1-8(2)10(7-17-3)15-12(16)9-5-4-6-11(13)14-9/h4-6,8,10H,7H2,1-3H3,(H,15,16). The Labute approximate surface area is 100 Å². The molecule has 1 aromatic rings. The monoisotopic (exact) mass is 240 g/mol. The third kappa shape index (κ3) is 4.11. The van der Waals surface area contributed by atoms with Crippen LogP contribution in [0.3, 0.4) is 0 Å². The fraction of sp³-hybridized carbons (Fsp3) is 0.500. The third-order valence-electron chi connectivity index (χ3n) is 2.42. The SMILES string of the molecule is COCC(NC(=O)c1cccc(F)n1)C(C)C. The van der Waals surface area contributed by atoms with Crippen LogP contribution in [-0.2, 0) is 4.74 Å². The van der Waals surface area contributed by atoms with Gasteiger partial charge in [-0.15, -0.1) is 0 Å². The third-order valence-corrected chi connectivity index (χ3v) is 2.42. The van der Waals surface area contributed by atoms with Crippen LogP contribution in [0.25, 0.3) is 0 Å². The van der Waals surface area contributed by atoms with Crippen LogP contribution in [0.15, 0.2) is 18.2 Å². The first-order valence-corrected chi connectivity index (χ1v) is 5.47. The highest BCUT2D eigenvalue weighted by Crippen LogP contribution is 2.04. The van der Waals surface area contributed by atoms with Gasteiger partial charge in [0, 0.05) is 7.11 Å². The second kappa shape index (κ2) is 6.30.